The zero-order valence-electron chi connectivity index (χ0n) is 17.4. The van der Waals surface area contributed by atoms with Gasteiger partial charge in [-0.15, -0.1) is 0 Å². The number of sulfonamides is 1. The summed E-state index contributed by atoms with van der Waals surface area (Å²) in [6.07, 6.45) is -4.01. The largest absolute Gasteiger partial charge is 0.418 e. The molecule has 2 aromatic carbocycles. The molecule has 164 valence electrons. The van der Waals surface area contributed by atoms with Gasteiger partial charge in [0, 0.05) is 31.9 Å². The maximum absolute atomic E-state index is 13.4. The number of nitrogens with zero attached hydrogens (tertiary/aromatic N) is 2. The van der Waals surface area contributed by atoms with Gasteiger partial charge in [-0.3, -0.25) is 0 Å². The van der Waals surface area contributed by atoms with E-state index in [-0.39, 0.29) is 35.6 Å². The van der Waals surface area contributed by atoms with Crippen LogP contribution in [0.1, 0.15) is 38.3 Å². The Kier molecular flexibility index (Phi) is 6.20. The third-order valence-electron chi connectivity index (χ3n) is 5.36. The van der Waals surface area contributed by atoms with Crippen LogP contribution in [0.2, 0.25) is 0 Å². The van der Waals surface area contributed by atoms with Crippen molar-refractivity contribution >= 4 is 15.7 Å². The Bertz CT molecular complexity index is 981. The van der Waals surface area contributed by atoms with Crippen LogP contribution in [0.4, 0.5) is 18.9 Å². The fourth-order valence-electron chi connectivity index (χ4n) is 3.64. The number of hydrogen-bond acceptors (Lipinski definition) is 3. The van der Waals surface area contributed by atoms with Gasteiger partial charge in [-0.05, 0) is 41.7 Å². The minimum atomic E-state index is -4.45. The predicted octanol–water partition coefficient (Wildman–Crippen LogP) is 4.90. The molecule has 0 aromatic heterocycles. The summed E-state index contributed by atoms with van der Waals surface area (Å²) in [5.41, 5.74) is 0.349. The third-order valence-corrected chi connectivity index (χ3v) is 7.28. The van der Waals surface area contributed by atoms with Gasteiger partial charge < -0.3 is 4.90 Å². The van der Waals surface area contributed by atoms with Gasteiger partial charge in [0.15, 0.2) is 0 Å². The standard InChI is InChI=1S/C22H27F3N2O2S/c1-21(2,3)17-9-11-18(12-10-17)30(28,29)27-14-6-13-26(15-16-27)20-8-5-4-7-19(20)22(23,24)25/h4-5,7-12H,6,13-16H2,1-3H3. The van der Waals surface area contributed by atoms with Crippen LogP contribution in [-0.2, 0) is 21.6 Å². The van der Waals surface area contributed by atoms with Crippen molar-refractivity contribution in [2.45, 2.75) is 43.7 Å². The Balaban J connectivity index is 1.80. The second-order valence-electron chi connectivity index (χ2n) is 8.53. The lowest BCUT2D eigenvalue weighted by atomic mass is 9.87. The van der Waals surface area contributed by atoms with E-state index in [2.05, 4.69) is 20.8 Å². The van der Waals surface area contributed by atoms with Crippen molar-refractivity contribution in [2.75, 3.05) is 31.1 Å². The molecular formula is C22H27F3N2O2S. The van der Waals surface area contributed by atoms with Crippen LogP contribution in [0.5, 0.6) is 0 Å². The second kappa shape index (κ2) is 8.23. The Hall–Kier alpha value is -2.06. The van der Waals surface area contributed by atoms with Crippen molar-refractivity contribution in [3.05, 3.63) is 59.7 Å². The molecule has 30 heavy (non-hydrogen) atoms. The highest BCUT2D eigenvalue weighted by atomic mass is 32.2. The monoisotopic (exact) mass is 440 g/mol. The number of benzene rings is 2. The smallest absolute Gasteiger partial charge is 0.370 e. The van der Waals surface area contributed by atoms with Crippen LogP contribution in [0, 0.1) is 0 Å². The van der Waals surface area contributed by atoms with Crippen LogP contribution in [0.3, 0.4) is 0 Å². The molecule has 0 amide bonds. The molecule has 1 saturated heterocycles. The second-order valence-corrected chi connectivity index (χ2v) is 10.5. The summed E-state index contributed by atoms with van der Waals surface area (Å²) in [6.45, 7) is 7.13. The molecule has 1 aliphatic heterocycles. The van der Waals surface area contributed by atoms with Gasteiger partial charge in [0.2, 0.25) is 10.0 Å². The van der Waals surface area contributed by atoms with Crippen LogP contribution < -0.4 is 4.90 Å². The molecule has 0 aliphatic carbocycles. The molecule has 0 spiro atoms. The summed E-state index contributed by atoms with van der Waals surface area (Å²) < 4.78 is 67.7. The van der Waals surface area contributed by atoms with Gasteiger partial charge in [0.1, 0.15) is 0 Å². The van der Waals surface area contributed by atoms with E-state index in [0.717, 1.165) is 11.6 Å². The van der Waals surface area contributed by atoms with E-state index in [1.807, 2.05) is 12.1 Å². The fraction of sp³-hybridized carbons (Fsp3) is 0.455. The topological polar surface area (TPSA) is 40.6 Å². The van der Waals surface area contributed by atoms with Gasteiger partial charge in [0.25, 0.3) is 0 Å². The van der Waals surface area contributed by atoms with E-state index in [1.165, 1.54) is 16.4 Å². The normalized spacial score (nSPS) is 17.1. The molecule has 0 atom stereocenters. The maximum Gasteiger partial charge on any atom is 0.418 e. The van der Waals surface area contributed by atoms with Crippen LogP contribution in [0.15, 0.2) is 53.4 Å². The number of alkyl halides is 3. The first-order valence-electron chi connectivity index (χ1n) is 9.92. The van der Waals surface area contributed by atoms with Crippen molar-refractivity contribution in [2.24, 2.45) is 0 Å². The Morgan fingerprint density at radius 1 is 0.833 bits per heavy atom. The maximum atomic E-state index is 13.4. The minimum Gasteiger partial charge on any atom is -0.370 e. The number of halogens is 3. The number of para-hydroxylation sites is 1. The third kappa shape index (κ3) is 4.81. The molecule has 4 nitrogen and oxygen atoms in total. The van der Waals surface area contributed by atoms with Crippen LogP contribution in [0.25, 0.3) is 0 Å². The van der Waals surface area contributed by atoms with Gasteiger partial charge in [-0.1, -0.05) is 45.0 Å². The van der Waals surface area contributed by atoms with Crippen molar-refractivity contribution in [1.29, 1.82) is 0 Å². The first-order valence-corrected chi connectivity index (χ1v) is 11.4. The number of hydrogen-bond donors (Lipinski definition) is 0. The van der Waals surface area contributed by atoms with E-state index in [9.17, 15) is 21.6 Å². The predicted molar refractivity (Wildman–Crippen MR) is 112 cm³/mol. The average Bonchev–Trinajstić information content (AvgIpc) is 2.93. The van der Waals surface area contributed by atoms with E-state index in [0.29, 0.717) is 13.0 Å². The Morgan fingerprint density at radius 3 is 2.07 bits per heavy atom. The molecule has 0 unspecified atom stereocenters. The lowest BCUT2D eigenvalue weighted by Gasteiger charge is -2.26. The molecule has 3 rings (SSSR count). The van der Waals surface area contributed by atoms with Gasteiger partial charge in [0.05, 0.1) is 10.5 Å². The highest BCUT2D eigenvalue weighted by Crippen LogP contribution is 2.37. The zero-order valence-corrected chi connectivity index (χ0v) is 18.2. The van der Waals surface area contributed by atoms with Gasteiger partial charge in [-0.25, -0.2) is 8.42 Å². The highest BCUT2D eigenvalue weighted by molar-refractivity contribution is 7.89. The molecule has 1 fully saturated rings. The molecule has 1 aliphatic rings. The summed E-state index contributed by atoms with van der Waals surface area (Å²) in [5.74, 6) is 0. The molecule has 0 bridgehead atoms. The molecule has 2 aromatic rings. The van der Waals surface area contributed by atoms with Crippen molar-refractivity contribution in [3.8, 4) is 0 Å². The summed E-state index contributed by atoms with van der Waals surface area (Å²) >= 11 is 0. The van der Waals surface area contributed by atoms with Gasteiger partial charge >= 0.3 is 6.18 Å². The SMILES string of the molecule is CC(C)(C)c1ccc(S(=O)(=O)N2CCCN(c3ccccc3C(F)(F)F)CC2)cc1. The first-order chi connectivity index (χ1) is 13.9. The zero-order chi connectivity index (χ0) is 22.2. The van der Waals surface area contributed by atoms with Crippen molar-refractivity contribution < 1.29 is 21.6 Å². The number of rotatable bonds is 3. The van der Waals surface area contributed by atoms with Crippen molar-refractivity contribution in [1.82, 2.24) is 4.31 Å². The molecule has 0 radical (unpaired) electrons. The van der Waals surface area contributed by atoms with Crippen molar-refractivity contribution in [3.63, 3.8) is 0 Å². The summed E-state index contributed by atoms with van der Waals surface area (Å²) in [6, 6.07) is 12.3. The molecule has 8 heteroatoms. The van der Waals surface area contributed by atoms with E-state index in [1.54, 1.807) is 23.1 Å². The molecular weight excluding hydrogens is 413 g/mol. The summed E-state index contributed by atoms with van der Waals surface area (Å²) in [5, 5.41) is 0. The highest BCUT2D eigenvalue weighted by Gasteiger charge is 2.35. The molecule has 0 saturated carbocycles. The van der Waals surface area contributed by atoms with Gasteiger partial charge in [-0.2, -0.15) is 17.5 Å². The van der Waals surface area contributed by atoms with E-state index in [4.69, 9.17) is 0 Å². The average molecular weight is 441 g/mol. The minimum absolute atomic E-state index is 0.0860. The molecule has 1 heterocycles. The first kappa shape index (κ1) is 22.6. The quantitative estimate of drug-likeness (QED) is 0.681. The van der Waals surface area contributed by atoms with Crippen LogP contribution in [-0.4, -0.2) is 38.9 Å². The Morgan fingerprint density at radius 2 is 1.47 bits per heavy atom. The number of anilines is 1. The van der Waals surface area contributed by atoms with E-state index >= 15 is 0 Å². The van der Waals surface area contributed by atoms with E-state index < -0.39 is 21.8 Å². The molecule has 0 N–H and O–H groups in total. The summed E-state index contributed by atoms with van der Waals surface area (Å²) in [7, 11) is -3.71. The fourth-order valence-corrected chi connectivity index (χ4v) is 5.11. The van der Waals surface area contributed by atoms with Crippen LogP contribution >= 0.6 is 0 Å². The lowest BCUT2D eigenvalue weighted by molar-refractivity contribution is -0.137. The summed E-state index contributed by atoms with van der Waals surface area (Å²) in [4.78, 5) is 1.83. The lowest BCUT2D eigenvalue weighted by Crippen LogP contribution is -2.35. The Labute approximate surface area is 176 Å².